The molecule has 1 aromatic carbocycles. The molecule has 170 valence electrons. The Kier molecular flexibility index (Phi) is 10.8. The van der Waals surface area contributed by atoms with Crippen molar-refractivity contribution in [2.45, 2.75) is 59.4 Å². The fourth-order valence-electron chi connectivity index (χ4n) is 3.91. The lowest BCUT2D eigenvalue weighted by Crippen LogP contribution is -2.49. The first kappa shape index (κ1) is 24.3. The molecular weight excluding hydrogens is 376 g/mol. The Morgan fingerprint density at radius 2 is 1.97 bits per heavy atom. The fraction of sp³-hybridized carbons (Fsp3) is 0.708. The zero-order chi connectivity index (χ0) is 21.8. The predicted octanol–water partition coefficient (Wildman–Crippen LogP) is 3.70. The molecule has 0 radical (unpaired) electrons. The number of benzene rings is 1. The second-order valence-corrected chi connectivity index (χ2v) is 8.40. The number of methoxy groups -OCH3 is 1. The van der Waals surface area contributed by atoms with Gasteiger partial charge in [0.25, 0.3) is 0 Å². The number of nitrogens with zero attached hydrogens (tertiary/aromatic N) is 2. The standard InChI is InChI=1S/C24H42N4O2/c1-6-25-24(27-21-12-15-28(16-13-21)18-19(3)4)26-14-8-9-20-10-11-22(29-5)23(17-20)30-7-2/h10-11,17,19,21H,6-9,12-16,18H2,1-5H3,(H2,25,26,27). The van der Waals surface area contributed by atoms with Gasteiger partial charge in [-0.15, -0.1) is 0 Å². The van der Waals surface area contributed by atoms with Gasteiger partial charge in [-0.3, -0.25) is 4.99 Å². The molecule has 1 aromatic rings. The Bertz CT molecular complexity index is 640. The lowest BCUT2D eigenvalue weighted by molar-refractivity contribution is 0.187. The highest BCUT2D eigenvalue weighted by atomic mass is 16.5. The third-order valence-corrected chi connectivity index (χ3v) is 5.32. The van der Waals surface area contributed by atoms with E-state index in [0.717, 1.165) is 49.3 Å². The van der Waals surface area contributed by atoms with Gasteiger partial charge in [0.2, 0.25) is 0 Å². The quantitative estimate of drug-likeness (QED) is 0.326. The van der Waals surface area contributed by atoms with E-state index in [1.807, 2.05) is 13.0 Å². The minimum absolute atomic E-state index is 0.515. The van der Waals surface area contributed by atoms with Crippen molar-refractivity contribution < 1.29 is 9.47 Å². The number of piperidine rings is 1. The van der Waals surface area contributed by atoms with Crippen LogP contribution >= 0.6 is 0 Å². The molecule has 0 atom stereocenters. The van der Waals surface area contributed by atoms with Crippen molar-refractivity contribution in [3.05, 3.63) is 23.8 Å². The fourth-order valence-corrected chi connectivity index (χ4v) is 3.91. The van der Waals surface area contributed by atoms with Crippen molar-refractivity contribution in [3.63, 3.8) is 0 Å². The molecule has 1 fully saturated rings. The Balaban J connectivity index is 1.80. The summed E-state index contributed by atoms with van der Waals surface area (Å²) < 4.78 is 11.1. The first-order chi connectivity index (χ1) is 14.5. The highest BCUT2D eigenvalue weighted by Crippen LogP contribution is 2.28. The van der Waals surface area contributed by atoms with Gasteiger partial charge in [0.1, 0.15) is 0 Å². The second-order valence-electron chi connectivity index (χ2n) is 8.40. The van der Waals surface area contributed by atoms with Gasteiger partial charge in [-0.05, 0) is 63.1 Å². The van der Waals surface area contributed by atoms with E-state index in [1.54, 1.807) is 7.11 Å². The van der Waals surface area contributed by atoms with E-state index in [0.29, 0.717) is 12.6 Å². The van der Waals surface area contributed by atoms with E-state index in [2.05, 4.69) is 48.4 Å². The first-order valence-electron chi connectivity index (χ1n) is 11.6. The summed E-state index contributed by atoms with van der Waals surface area (Å²) >= 11 is 0. The van der Waals surface area contributed by atoms with Gasteiger partial charge >= 0.3 is 0 Å². The molecule has 2 rings (SSSR count). The molecule has 0 bridgehead atoms. The van der Waals surface area contributed by atoms with E-state index in [4.69, 9.17) is 14.5 Å². The maximum atomic E-state index is 5.68. The van der Waals surface area contributed by atoms with Crippen LogP contribution in [0.4, 0.5) is 0 Å². The van der Waals surface area contributed by atoms with Gasteiger partial charge < -0.3 is 25.0 Å². The summed E-state index contributed by atoms with van der Waals surface area (Å²) in [6.45, 7) is 14.6. The van der Waals surface area contributed by atoms with E-state index in [1.165, 1.54) is 38.0 Å². The van der Waals surface area contributed by atoms with Crippen molar-refractivity contribution in [1.82, 2.24) is 15.5 Å². The molecule has 2 N–H and O–H groups in total. The average Bonchev–Trinajstić information content (AvgIpc) is 2.73. The summed E-state index contributed by atoms with van der Waals surface area (Å²) in [5.41, 5.74) is 1.25. The summed E-state index contributed by atoms with van der Waals surface area (Å²) in [5.74, 6) is 3.30. The molecule has 1 aliphatic rings. The van der Waals surface area contributed by atoms with Crippen LogP contribution in [0.25, 0.3) is 0 Å². The molecule has 1 heterocycles. The van der Waals surface area contributed by atoms with Crippen LogP contribution in [-0.2, 0) is 6.42 Å². The van der Waals surface area contributed by atoms with Gasteiger partial charge in [0, 0.05) is 38.8 Å². The molecule has 0 spiro atoms. The molecule has 1 aliphatic heterocycles. The lowest BCUT2D eigenvalue weighted by Gasteiger charge is -2.34. The largest absolute Gasteiger partial charge is 0.493 e. The van der Waals surface area contributed by atoms with Gasteiger partial charge in [0.05, 0.1) is 13.7 Å². The third-order valence-electron chi connectivity index (χ3n) is 5.32. The normalized spacial score (nSPS) is 16.0. The molecule has 0 amide bonds. The van der Waals surface area contributed by atoms with Crippen LogP contribution in [0.2, 0.25) is 0 Å². The highest BCUT2D eigenvalue weighted by molar-refractivity contribution is 5.80. The summed E-state index contributed by atoms with van der Waals surface area (Å²) in [5, 5.41) is 7.05. The Hall–Kier alpha value is -1.95. The van der Waals surface area contributed by atoms with Crippen LogP contribution in [0.5, 0.6) is 11.5 Å². The maximum absolute atomic E-state index is 5.68. The molecular formula is C24H42N4O2. The highest BCUT2D eigenvalue weighted by Gasteiger charge is 2.20. The van der Waals surface area contributed by atoms with E-state index < -0.39 is 0 Å². The number of rotatable bonds is 11. The number of hydrogen-bond donors (Lipinski definition) is 2. The van der Waals surface area contributed by atoms with Crippen molar-refractivity contribution in [2.24, 2.45) is 10.9 Å². The van der Waals surface area contributed by atoms with Crippen LogP contribution in [0.15, 0.2) is 23.2 Å². The Morgan fingerprint density at radius 1 is 1.20 bits per heavy atom. The van der Waals surface area contributed by atoms with Gasteiger partial charge in [-0.2, -0.15) is 0 Å². The first-order valence-corrected chi connectivity index (χ1v) is 11.6. The van der Waals surface area contributed by atoms with Crippen molar-refractivity contribution in [2.75, 3.05) is 46.4 Å². The summed E-state index contributed by atoms with van der Waals surface area (Å²) in [6, 6.07) is 6.70. The molecule has 0 unspecified atom stereocenters. The second kappa shape index (κ2) is 13.4. The van der Waals surface area contributed by atoms with Gasteiger partial charge in [-0.1, -0.05) is 19.9 Å². The summed E-state index contributed by atoms with van der Waals surface area (Å²) in [7, 11) is 1.68. The Labute approximate surface area is 183 Å². The third kappa shape index (κ3) is 8.42. The van der Waals surface area contributed by atoms with E-state index >= 15 is 0 Å². The number of likely N-dealkylation sites (tertiary alicyclic amines) is 1. The molecule has 30 heavy (non-hydrogen) atoms. The van der Waals surface area contributed by atoms with Crippen LogP contribution in [0.1, 0.15) is 52.5 Å². The predicted molar refractivity (Wildman–Crippen MR) is 126 cm³/mol. The number of hydrogen-bond acceptors (Lipinski definition) is 4. The molecule has 0 aromatic heterocycles. The maximum Gasteiger partial charge on any atom is 0.191 e. The zero-order valence-electron chi connectivity index (χ0n) is 19.7. The van der Waals surface area contributed by atoms with Gasteiger partial charge in [0.15, 0.2) is 17.5 Å². The average molecular weight is 419 g/mol. The van der Waals surface area contributed by atoms with Crippen molar-refractivity contribution in [1.29, 1.82) is 0 Å². The Morgan fingerprint density at radius 3 is 2.60 bits per heavy atom. The zero-order valence-corrected chi connectivity index (χ0v) is 19.7. The van der Waals surface area contributed by atoms with Crippen molar-refractivity contribution >= 4 is 5.96 Å². The van der Waals surface area contributed by atoms with Crippen LogP contribution < -0.4 is 20.1 Å². The van der Waals surface area contributed by atoms with Crippen LogP contribution in [0, 0.1) is 5.92 Å². The topological polar surface area (TPSA) is 58.1 Å². The summed E-state index contributed by atoms with van der Waals surface area (Å²) in [6.07, 6.45) is 4.34. The number of nitrogens with one attached hydrogen (secondary N) is 2. The van der Waals surface area contributed by atoms with Crippen molar-refractivity contribution in [3.8, 4) is 11.5 Å². The smallest absolute Gasteiger partial charge is 0.191 e. The number of aryl methyl sites for hydroxylation is 1. The minimum atomic E-state index is 0.515. The van der Waals surface area contributed by atoms with Crippen LogP contribution in [0.3, 0.4) is 0 Å². The summed E-state index contributed by atoms with van der Waals surface area (Å²) in [4.78, 5) is 7.39. The monoisotopic (exact) mass is 418 g/mol. The molecule has 6 nitrogen and oxygen atoms in total. The van der Waals surface area contributed by atoms with E-state index in [-0.39, 0.29) is 0 Å². The number of aliphatic imine (C=N–C) groups is 1. The van der Waals surface area contributed by atoms with Crippen LogP contribution in [-0.4, -0.2) is 63.3 Å². The SMILES string of the molecule is CCNC(=NCCCc1ccc(OC)c(OCC)c1)NC1CCN(CC(C)C)CC1. The molecule has 6 heteroatoms. The molecule has 0 aliphatic carbocycles. The van der Waals surface area contributed by atoms with Gasteiger partial charge in [-0.25, -0.2) is 0 Å². The minimum Gasteiger partial charge on any atom is -0.493 e. The molecule has 0 saturated carbocycles. The van der Waals surface area contributed by atoms with E-state index in [9.17, 15) is 0 Å². The molecule has 1 saturated heterocycles. The lowest BCUT2D eigenvalue weighted by atomic mass is 10.0. The number of ether oxygens (including phenoxy) is 2. The number of guanidine groups is 1.